The predicted molar refractivity (Wildman–Crippen MR) is 86.7 cm³/mol. The fourth-order valence-corrected chi connectivity index (χ4v) is 2.67. The number of benzene rings is 2. The van der Waals surface area contributed by atoms with Gasteiger partial charge in [0.05, 0.1) is 11.6 Å². The third-order valence-electron chi connectivity index (χ3n) is 3.96. The van der Waals surface area contributed by atoms with E-state index in [-0.39, 0.29) is 30.5 Å². The Morgan fingerprint density at radius 2 is 1.87 bits per heavy atom. The molecular formula is C18H17FN2O2. The van der Waals surface area contributed by atoms with Gasteiger partial charge in [0.25, 0.3) is 0 Å². The average molecular weight is 312 g/mol. The molecule has 0 bridgehead atoms. The third-order valence-corrected chi connectivity index (χ3v) is 3.96. The van der Waals surface area contributed by atoms with Crippen molar-refractivity contribution in [2.45, 2.75) is 13.3 Å². The van der Waals surface area contributed by atoms with Crippen molar-refractivity contribution in [3.8, 4) is 0 Å². The van der Waals surface area contributed by atoms with E-state index in [9.17, 15) is 14.0 Å². The van der Waals surface area contributed by atoms with E-state index in [0.29, 0.717) is 5.69 Å². The van der Waals surface area contributed by atoms with Gasteiger partial charge in [0, 0.05) is 18.7 Å². The van der Waals surface area contributed by atoms with Gasteiger partial charge in [0.2, 0.25) is 11.8 Å². The van der Waals surface area contributed by atoms with Gasteiger partial charge in [0.15, 0.2) is 0 Å². The topological polar surface area (TPSA) is 49.4 Å². The molecule has 1 atom stereocenters. The Hall–Kier alpha value is -2.69. The van der Waals surface area contributed by atoms with Crippen molar-refractivity contribution in [3.63, 3.8) is 0 Å². The Morgan fingerprint density at radius 1 is 1.17 bits per heavy atom. The molecule has 0 aliphatic carbocycles. The number of amides is 2. The van der Waals surface area contributed by atoms with Crippen LogP contribution in [0.1, 0.15) is 12.0 Å². The summed E-state index contributed by atoms with van der Waals surface area (Å²) in [5.41, 5.74) is 2.02. The lowest BCUT2D eigenvalue weighted by Crippen LogP contribution is -2.28. The van der Waals surface area contributed by atoms with E-state index in [1.54, 1.807) is 18.2 Å². The molecule has 0 aromatic heterocycles. The zero-order valence-corrected chi connectivity index (χ0v) is 12.8. The van der Waals surface area contributed by atoms with Crippen LogP contribution in [0.5, 0.6) is 0 Å². The number of aryl methyl sites for hydroxylation is 1. The van der Waals surface area contributed by atoms with E-state index in [0.717, 1.165) is 5.56 Å². The Labute approximate surface area is 133 Å². The summed E-state index contributed by atoms with van der Waals surface area (Å²) in [6.07, 6.45) is 0.0893. The highest BCUT2D eigenvalue weighted by molar-refractivity contribution is 6.03. The number of halogens is 1. The first-order valence-electron chi connectivity index (χ1n) is 7.47. The van der Waals surface area contributed by atoms with Crippen molar-refractivity contribution in [2.24, 2.45) is 5.92 Å². The molecule has 118 valence electrons. The second-order valence-electron chi connectivity index (χ2n) is 5.71. The molecule has 3 rings (SSSR count). The van der Waals surface area contributed by atoms with Gasteiger partial charge in [-0.1, -0.05) is 29.8 Å². The number of para-hydroxylation sites is 1. The van der Waals surface area contributed by atoms with Crippen LogP contribution >= 0.6 is 0 Å². The van der Waals surface area contributed by atoms with E-state index in [1.807, 2.05) is 31.2 Å². The van der Waals surface area contributed by atoms with Crippen LogP contribution in [0.4, 0.5) is 15.8 Å². The smallest absolute Gasteiger partial charge is 0.229 e. The van der Waals surface area contributed by atoms with Crippen LogP contribution in [-0.2, 0) is 9.59 Å². The van der Waals surface area contributed by atoms with E-state index in [4.69, 9.17) is 0 Å². The van der Waals surface area contributed by atoms with Crippen molar-refractivity contribution in [1.82, 2.24) is 0 Å². The van der Waals surface area contributed by atoms with Crippen LogP contribution in [0.15, 0.2) is 48.5 Å². The normalized spacial score (nSPS) is 17.4. The number of nitrogens with zero attached hydrogens (tertiary/aromatic N) is 1. The third kappa shape index (κ3) is 3.23. The van der Waals surface area contributed by atoms with Crippen LogP contribution in [0.25, 0.3) is 0 Å². The minimum atomic E-state index is -0.483. The molecule has 1 saturated heterocycles. The highest BCUT2D eigenvalue weighted by Crippen LogP contribution is 2.28. The standard InChI is InChI=1S/C18H17FN2O2/c1-12-6-8-14(9-7-12)20-18(23)13-10-17(22)21(11-13)16-5-3-2-4-15(16)19/h2-9,13H,10-11H2,1H3,(H,20,23)/t13-/m0/s1. The van der Waals surface area contributed by atoms with Gasteiger partial charge < -0.3 is 10.2 Å². The molecule has 1 N–H and O–H groups in total. The largest absolute Gasteiger partial charge is 0.326 e. The molecule has 23 heavy (non-hydrogen) atoms. The molecule has 1 heterocycles. The SMILES string of the molecule is Cc1ccc(NC(=O)[C@H]2CC(=O)N(c3ccccc3F)C2)cc1. The molecule has 2 amide bonds. The summed E-state index contributed by atoms with van der Waals surface area (Å²) < 4.78 is 13.8. The molecule has 2 aromatic rings. The lowest BCUT2D eigenvalue weighted by Gasteiger charge is -2.17. The maximum absolute atomic E-state index is 13.8. The zero-order chi connectivity index (χ0) is 16.4. The molecule has 1 aliphatic rings. The van der Waals surface area contributed by atoms with Crippen molar-refractivity contribution in [1.29, 1.82) is 0 Å². The van der Waals surface area contributed by atoms with Crippen LogP contribution < -0.4 is 10.2 Å². The number of hydrogen-bond acceptors (Lipinski definition) is 2. The first kappa shape index (κ1) is 15.2. The van der Waals surface area contributed by atoms with Crippen LogP contribution in [0.2, 0.25) is 0 Å². The number of anilines is 2. The molecule has 0 saturated carbocycles. The number of hydrogen-bond donors (Lipinski definition) is 1. The average Bonchev–Trinajstić information content (AvgIpc) is 2.92. The second kappa shape index (κ2) is 6.20. The van der Waals surface area contributed by atoms with Gasteiger partial charge in [-0.15, -0.1) is 0 Å². The Morgan fingerprint density at radius 3 is 2.57 bits per heavy atom. The van der Waals surface area contributed by atoms with E-state index in [1.165, 1.54) is 11.0 Å². The van der Waals surface area contributed by atoms with Crippen molar-refractivity contribution in [2.75, 3.05) is 16.8 Å². The summed E-state index contributed by atoms with van der Waals surface area (Å²) in [5.74, 6) is -1.40. The van der Waals surface area contributed by atoms with Crippen LogP contribution in [0.3, 0.4) is 0 Å². The maximum atomic E-state index is 13.8. The summed E-state index contributed by atoms with van der Waals surface area (Å²) in [7, 11) is 0. The monoisotopic (exact) mass is 312 g/mol. The van der Waals surface area contributed by atoms with Gasteiger partial charge in [-0.05, 0) is 31.2 Å². The van der Waals surface area contributed by atoms with Gasteiger partial charge in [-0.2, -0.15) is 0 Å². The van der Waals surface area contributed by atoms with Crippen LogP contribution in [-0.4, -0.2) is 18.4 Å². The van der Waals surface area contributed by atoms with E-state index in [2.05, 4.69) is 5.32 Å². The lowest BCUT2D eigenvalue weighted by atomic mass is 10.1. The second-order valence-corrected chi connectivity index (χ2v) is 5.71. The van der Waals surface area contributed by atoms with Crippen LogP contribution in [0, 0.1) is 18.7 Å². The number of carbonyl (C=O) groups is 2. The lowest BCUT2D eigenvalue weighted by molar-refractivity contribution is -0.122. The quantitative estimate of drug-likeness (QED) is 0.946. The molecule has 2 aromatic carbocycles. The molecular weight excluding hydrogens is 295 g/mol. The molecule has 5 heteroatoms. The fourth-order valence-electron chi connectivity index (χ4n) is 2.67. The summed E-state index contributed by atoms with van der Waals surface area (Å²) in [4.78, 5) is 25.8. The van der Waals surface area contributed by atoms with Gasteiger partial charge in [0.1, 0.15) is 5.82 Å². The highest BCUT2D eigenvalue weighted by Gasteiger charge is 2.36. The van der Waals surface area contributed by atoms with Gasteiger partial charge >= 0.3 is 0 Å². The summed E-state index contributed by atoms with van der Waals surface area (Å²) in [6, 6.07) is 13.5. The first-order valence-corrected chi connectivity index (χ1v) is 7.47. The number of nitrogens with one attached hydrogen (secondary N) is 1. The minimum Gasteiger partial charge on any atom is -0.326 e. The molecule has 1 aliphatic heterocycles. The molecule has 0 unspecified atom stereocenters. The summed E-state index contributed by atoms with van der Waals surface area (Å²) in [6.45, 7) is 2.16. The van der Waals surface area contributed by atoms with Crippen molar-refractivity contribution >= 4 is 23.2 Å². The molecule has 1 fully saturated rings. The predicted octanol–water partition coefficient (Wildman–Crippen LogP) is 3.13. The molecule has 0 spiro atoms. The Kier molecular flexibility index (Phi) is 4.10. The molecule has 4 nitrogen and oxygen atoms in total. The Bertz CT molecular complexity index is 743. The van der Waals surface area contributed by atoms with Gasteiger partial charge in [-0.3, -0.25) is 9.59 Å². The van der Waals surface area contributed by atoms with E-state index < -0.39 is 11.7 Å². The molecule has 0 radical (unpaired) electrons. The highest BCUT2D eigenvalue weighted by atomic mass is 19.1. The maximum Gasteiger partial charge on any atom is 0.229 e. The fraction of sp³-hybridized carbons (Fsp3) is 0.222. The number of carbonyl (C=O) groups excluding carboxylic acids is 2. The van der Waals surface area contributed by atoms with Crippen molar-refractivity contribution in [3.05, 3.63) is 59.9 Å². The van der Waals surface area contributed by atoms with E-state index >= 15 is 0 Å². The number of rotatable bonds is 3. The summed E-state index contributed by atoms with van der Waals surface area (Å²) >= 11 is 0. The first-order chi connectivity index (χ1) is 11.0. The van der Waals surface area contributed by atoms with Crippen molar-refractivity contribution < 1.29 is 14.0 Å². The Balaban J connectivity index is 1.71. The summed E-state index contributed by atoms with van der Waals surface area (Å²) in [5, 5.41) is 2.81. The van der Waals surface area contributed by atoms with Gasteiger partial charge in [-0.25, -0.2) is 4.39 Å². The minimum absolute atomic E-state index is 0.0893. The zero-order valence-electron chi connectivity index (χ0n) is 12.8.